The molecular weight excluding hydrogens is 386 g/mol. The summed E-state index contributed by atoms with van der Waals surface area (Å²) in [7, 11) is 3.68. The molecule has 1 aliphatic rings. The maximum Gasteiger partial charge on any atom is 0.416 e. The number of benzene rings is 1. The Morgan fingerprint density at radius 3 is 2.34 bits per heavy atom. The molecular formula is C20H31F4N5. The Hall–Kier alpha value is -1.87. The van der Waals surface area contributed by atoms with Crippen molar-refractivity contribution in [3.05, 3.63) is 35.1 Å². The first-order valence-corrected chi connectivity index (χ1v) is 9.84. The molecule has 1 aromatic rings. The highest BCUT2D eigenvalue weighted by Gasteiger charge is 2.33. The minimum Gasteiger partial charge on any atom is -0.355 e. The lowest BCUT2D eigenvalue weighted by Gasteiger charge is -2.40. The van der Waals surface area contributed by atoms with Gasteiger partial charge in [-0.3, -0.25) is 9.89 Å². The van der Waals surface area contributed by atoms with Crippen LogP contribution < -0.4 is 10.6 Å². The molecule has 29 heavy (non-hydrogen) atoms. The van der Waals surface area contributed by atoms with Gasteiger partial charge in [0.25, 0.3) is 0 Å². The Bertz CT molecular complexity index is 682. The lowest BCUT2D eigenvalue weighted by atomic mass is 10.0. The van der Waals surface area contributed by atoms with E-state index in [4.69, 9.17) is 0 Å². The second-order valence-electron chi connectivity index (χ2n) is 7.76. The first kappa shape index (κ1) is 23.4. The molecule has 5 nitrogen and oxygen atoms in total. The fourth-order valence-electron chi connectivity index (χ4n) is 3.51. The molecule has 1 unspecified atom stereocenters. The lowest BCUT2D eigenvalue weighted by Crippen LogP contribution is -2.55. The van der Waals surface area contributed by atoms with Gasteiger partial charge in [-0.1, -0.05) is 19.9 Å². The summed E-state index contributed by atoms with van der Waals surface area (Å²) in [6.07, 6.45) is -4.61. The van der Waals surface area contributed by atoms with Crippen molar-refractivity contribution in [2.75, 3.05) is 46.8 Å². The van der Waals surface area contributed by atoms with E-state index in [1.54, 1.807) is 7.05 Å². The number of rotatable bonds is 6. The van der Waals surface area contributed by atoms with Crippen molar-refractivity contribution in [1.82, 2.24) is 20.4 Å². The number of nitrogens with zero attached hydrogens (tertiary/aromatic N) is 3. The number of guanidine groups is 1. The molecule has 9 heteroatoms. The SMILES string of the molecule is CN=C(NCc1ccc(F)cc1C(F)(F)F)NCC(C(C)C)N1CCN(C)CC1. The first-order valence-electron chi connectivity index (χ1n) is 9.84. The van der Waals surface area contributed by atoms with Gasteiger partial charge in [0, 0.05) is 52.4 Å². The number of hydrogen-bond donors (Lipinski definition) is 2. The van der Waals surface area contributed by atoms with Crippen molar-refractivity contribution in [3.8, 4) is 0 Å². The molecule has 164 valence electrons. The number of hydrogen-bond acceptors (Lipinski definition) is 3. The van der Waals surface area contributed by atoms with Crippen molar-refractivity contribution in [1.29, 1.82) is 0 Å². The summed E-state index contributed by atoms with van der Waals surface area (Å²) < 4.78 is 52.7. The summed E-state index contributed by atoms with van der Waals surface area (Å²) >= 11 is 0. The average molecular weight is 417 g/mol. The molecule has 0 saturated carbocycles. The number of nitrogens with one attached hydrogen (secondary N) is 2. The second-order valence-corrected chi connectivity index (χ2v) is 7.76. The van der Waals surface area contributed by atoms with Gasteiger partial charge in [-0.2, -0.15) is 13.2 Å². The topological polar surface area (TPSA) is 42.9 Å². The number of piperazine rings is 1. The molecule has 1 atom stereocenters. The van der Waals surface area contributed by atoms with Gasteiger partial charge < -0.3 is 15.5 Å². The Morgan fingerprint density at radius 2 is 1.79 bits per heavy atom. The summed E-state index contributed by atoms with van der Waals surface area (Å²) in [6.45, 7) is 8.85. The molecule has 0 radical (unpaired) electrons. The zero-order valence-electron chi connectivity index (χ0n) is 17.5. The molecule has 0 amide bonds. The summed E-state index contributed by atoms with van der Waals surface area (Å²) in [5, 5.41) is 6.14. The quantitative estimate of drug-likeness (QED) is 0.424. The number of halogens is 4. The third-order valence-corrected chi connectivity index (χ3v) is 5.30. The van der Waals surface area contributed by atoms with Crippen LogP contribution in [0.25, 0.3) is 0 Å². The smallest absolute Gasteiger partial charge is 0.355 e. The number of alkyl halides is 3. The zero-order chi connectivity index (χ0) is 21.6. The molecule has 0 aromatic heterocycles. The van der Waals surface area contributed by atoms with Gasteiger partial charge in [0.05, 0.1) is 5.56 Å². The van der Waals surface area contributed by atoms with E-state index in [-0.39, 0.29) is 12.1 Å². The van der Waals surface area contributed by atoms with Gasteiger partial charge in [0.1, 0.15) is 5.82 Å². The fourth-order valence-corrected chi connectivity index (χ4v) is 3.51. The first-order chi connectivity index (χ1) is 13.6. The summed E-state index contributed by atoms with van der Waals surface area (Å²) in [5.41, 5.74) is -1.00. The minimum atomic E-state index is -4.61. The maximum atomic E-state index is 13.3. The van der Waals surface area contributed by atoms with Gasteiger partial charge in [0.2, 0.25) is 0 Å². The molecule has 2 N–H and O–H groups in total. The highest BCUT2D eigenvalue weighted by atomic mass is 19.4. The highest BCUT2D eigenvalue weighted by Crippen LogP contribution is 2.32. The van der Waals surface area contributed by atoms with Gasteiger partial charge in [-0.15, -0.1) is 0 Å². The number of likely N-dealkylation sites (N-methyl/N-ethyl adjacent to an activating group) is 1. The van der Waals surface area contributed by atoms with Crippen LogP contribution in [0.2, 0.25) is 0 Å². The van der Waals surface area contributed by atoms with Crippen LogP contribution in [-0.4, -0.2) is 68.6 Å². The Kier molecular flexibility index (Phi) is 8.27. The fraction of sp³-hybridized carbons (Fsp3) is 0.650. The molecule has 0 aliphatic carbocycles. The zero-order valence-corrected chi connectivity index (χ0v) is 17.5. The molecule has 1 fully saturated rings. The van der Waals surface area contributed by atoms with E-state index in [9.17, 15) is 17.6 Å². The largest absolute Gasteiger partial charge is 0.416 e. The van der Waals surface area contributed by atoms with Crippen LogP contribution in [0.4, 0.5) is 17.6 Å². The van der Waals surface area contributed by atoms with Crippen molar-refractivity contribution in [2.45, 2.75) is 32.6 Å². The Morgan fingerprint density at radius 1 is 1.14 bits per heavy atom. The van der Waals surface area contributed by atoms with E-state index < -0.39 is 17.6 Å². The third-order valence-electron chi connectivity index (χ3n) is 5.30. The lowest BCUT2D eigenvalue weighted by molar-refractivity contribution is -0.138. The molecule has 2 rings (SSSR count). The van der Waals surface area contributed by atoms with E-state index in [0.29, 0.717) is 30.5 Å². The van der Waals surface area contributed by atoms with Gasteiger partial charge in [-0.05, 0) is 30.7 Å². The van der Waals surface area contributed by atoms with Crippen LogP contribution in [0.3, 0.4) is 0 Å². The maximum absolute atomic E-state index is 13.3. The normalized spacial score (nSPS) is 18.2. The summed E-state index contributed by atoms with van der Waals surface area (Å²) in [6, 6.07) is 3.00. The van der Waals surface area contributed by atoms with Crippen LogP contribution in [0.15, 0.2) is 23.2 Å². The monoisotopic (exact) mass is 417 g/mol. The highest BCUT2D eigenvalue weighted by molar-refractivity contribution is 5.79. The van der Waals surface area contributed by atoms with Crippen molar-refractivity contribution in [3.63, 3.8) is 0 Å². The van der Waals surface area contributed by atoms with E-state index in [1.165, 1.54) is 0 Å². The van der Waals surface area contributed by atoms with Crippen molar-refractivity contribution in [2.24, 2.45) is 10.9 Å². The molecule has 0 spiro atoms. The van der Waals surface area contributed by atoms with Crippen LogP contribution in [0, 0.1) is 11.7 Å². The molecule has 1 aliphatic heterocycles. The van der Waals surface area contributed by atoms with Gasteiger partial charge in [0.15, 0.2) is 5.96 Å². The van der Waals surface area contributed by atoms with E-state index in [0.717, 1.165) is 38.3 Å². The number of aliphatic imine (C=N–C) groups is 1. The van der Waals surface area contributed by atoms with Crippen LogP contribution >= 0.6 is 0 Å². The molecule has 0 bridgehead atoms. The third kappa shape index (κ3) is 6.85. The predicted molar refractivity (Wildman–Crippen MR) is 107 cm³/mol. The Labute approximate surface area is 170 Å². The van der Waals surface area contributed by atoms with Crippen LogP contribution in [0.1, 0.15) is 25.0 Å². The summed E-state index contributed by atoms with van der Waals surface area (Å²) in [4.78, 5) is 8.84. The van der Waals surface area contributed by atoms with Gasteiger partial charge in [-0.25, -0.2) is 4.39 Å². The molecule has 1 aromatic carbocycles. The standard InChI is InChI=1S/C20H31F4N5/c1-14(2)18(29-9-7-28(4)8-10-29)13-27-19(25-3)26-12-15-5-6-16(21)11-17(15)20(22,23)24/h5-6,11,14,18H,7-10,12-13H2,1-4H3,(H2,25,26,27). The average Bonchev–Trinajstić information content (AvgIpc) is 2.65. The van der Waals surface area contributed by atoms with Crippen molar-refractivity contribution < 1.29 is 17.6 Å². The molecule has 1 saturated heterocycles. The predicted octanol–water partition coefficient (Wildman–Crippen LogP) is 2.78. The van der Waals surface area contributed by atoms with Crippen molar-refractivity contribution >= 4 is 5.96 Å². The van der Waals surface area contributed by atoms with E-state index in [2.05, 4.69) is 46.3 Å². The van der Waals surface area contributed by atoms with E-state index in [1.807, 2.05) is 0 Å². The summed E-state index contributed by atoms with van der Waals surface area (Å²) in [5.74, 6) is -0.0734. The minimum absolute atomic E-state index is 0.0265. The van der Waals surface area contributed by atoms with E-state index >= 15 is 0 Å². The Balaban J connectivity index is 1.97. The van der Waals surface area contributed by atoms with Gasteiger partial charge >= 0.3 is 6.18 Å². The molecule has 1 heterocycles. The van der Waals surface area contributed by atoms with Crippen LogP contribution in [0.5, 0.6) is 0 Å². The van der Waals surface area contributed by atoms with Crippen LogP contribution in [-0.2, 0) is 12.7 Å². The second kappa shape index (κ2) is 10.2.